The Bertz CT molecular complexity index is 1430. The summed E-state index contributed by atoms with van der Waals surface area (Å²) >= 11 is 6.47. The Morgan fingerprint density at radius 2 is 1.97 bits per heavy atom. The molecule has 0 saturated heterocycles. The molecular formula is C22H18N4O2S2. The Hall–Kier alpha value is -3.10. The average molecular weight is 435 g/mol. The van der Waals surface area contributed by atoms with Crippen LogP contribution in [-0.2, 0) is 12.8 Å². The smallest absolute Gasteiger partial charge is 0.259 e. The molecule has 1 aliphatic carbocycles. The van der Waals surface area contributed by atoms with Gasteiger partial charge in [0.2, 0.25) is 0 Å². The second-order valence-electron chi connectivity index (χ2n) is 7.38. The second kappa shape index (κ2) is 7.30. The van der Waals surface area contributed by atoms with Gasteiger partial charge in [-0.15, -0.1) is 11.3 Å². The summed E-state index contributed by atoms with van der Waals surface area (Å²) in [6.07, 6.45) is 3.47. The van der Waals surface area contributed by atoms with Crippen LogP contribution in [0.1, 0.15) is 32.8 Å². The van der Waals surface area contributed by atoms with Crippen molar-refractivity contribution in [3.63, 3.8) is 0 Å². The van der Waals surface area contributed by atoms with E-state index in [0.29, 0.717) is 21.6 Å². The fraction of sp³-hybridized carbons (Fsp3) is 0.182. The Balaban J connectivity index is 1.43. The number of hydrogen-bond donors (Lipinski definition) is 3. The van der Waals surface area contributed by atoms with Gasteiger partial charge >= 0.3 is 0 Å². The van der Waals surface area contributed by atoms with Gasteiger partial charge in [-0.05, 0) is 73.8 Å². The van der Waals surface area contributed by atoms with Gasteiger partial charge in [0.1, 0.15) is 0 Å². The first kappa shape index (κ1) is 18.9. The summed E-state index contributed by atoms with van der Waals surface area (Å²) in [5, 5.41) is 3.87. The lowest BCUT2D eigenvalue weighted by atomic mass is 10.0. The minimum atomic E-state index is -0.286. The molecule has 3 N–H and O–H groups in total. The number of aromatic amines is 2. The van der Waals surface area contributed by atoms with E-state index in [4.69, 9.17) is 12.2 Å². The number of thiazole rings is 1. The molecule has 0 unspecified atom stereocenters. The van der Waals surface area contributed by atoms with Gasteiger partial charge in [-0.3, -0.25) is 19.9 Å². The summed E-state index contributed by atoms with van der Waals surface area (Å²) in [4.78, 5) is 35.9. The molecule has 2 aromatic heterocycles. The highest BCUT2D eigenvalue weighted by Gasteiger charge is 2.17. The highest BCUT2D eigenvalue weighted by Crippen LogP contribution is 2.33. The number of aryl methyl sites for hydroxylation is 3. The lowest BCUT2D eigenvalue weighted by molar-refractivity contribution is 0.102. The molecule has 0 aliphatic heterocycles. The standard InChI is InChI=1S/C22H18N4O2S2/c1-11-18(14-6-5-12-3-2-4-13(12)9-14)24-22(30-11)26-19(27)15-7-8-16-17(10-15)23-21(29)25-20(16)28/h5-10H,2-4H2,1H3,(H,24,26,27)(H2,23,25,28,29). The van der Waals surface area contributed by atoms with Crippen LogP contribution in [0.3, 0.4) is 0 Å². The quantitative estimate of drug-likeness (QED) is 0.406. The summed E-state index contributed by atoms with van der Waals surface area (Å²) < 4.78 is 0.222. The molecule has 0 bridgehead atoms. The largest absolute Gasteiger partial charge is 0.332 e. The van der Waals surface area contributed by atoms with Crippen LogP contribution in [-0.4, -0.2) is 20.9 Å². The molecule has 0 spiro atoms. The van der Waals surface area contributed by atoms with E-state index in [0.717, 1.165) is 29.0 Å². The van der Waals surface area contributed by atoms with E-state index in [-0.39, 0.29) is 16.2 Å². The number of H-pyrrole nitrogens is 2. The molecule has 4 aromatic rings. The third-order valence-electron chi connectivity index (χ3n) is 5.39. The second-order valence-corrected chi connectivity index (χ2v) is 9.00. The van der Waals surface area contributed by atoms with Crippen molar-refractivity contribution in [2.45, 2.75) is 26.2 Å². The number of carbonyl (C=O) groups excluding carboxylic acids is 1. The minimum Gasteiger partial charge on any atom is -0.332 e. The zero-order valence-corrected chi connectivity index (χ0v) is 17.8. The first-order chi connectivity index (χ1) is 14.5. The molecule has 2 heterocycles. The highest BCUT2D eigenvalue weighted by atomic mass is 32.1. The molecule has 0 radical (unpaired) electrons. The summed E-state index contributed by atoms with van der Waals surface area (Å²) in [6, 6.07) is 11.4. The fourth-order valence-electron chi connectivity index (χ4n) is 3.92. The normalized spacial score (nSPS) is 12.8. The van der Waals surface area contributed by atoms with E-state index < -0.39 is 0 Å². The van der Waals surface area contributed by atoms with E-state index >= 15 is 0 Å². The number of rotatable bonds is 3. The van der Waals surface area contributed by atoms with Crippen molar-refractivity contribution in [1.82, 2.24) is 15.0 Å². The molecule has 8 heteroatoms. The topological polar surface area (TPSA) is 90.6 Å². The molecular weight excluding hydrogens is 416 g/mol. The number of anilines is 1. The number of aromatic nitrogens is 3. The third-order valence-corrected chi connectivity index (χ3v) is 6.48. The van der Waals surface area contributed by atoms with Gasteiger partial charge in [0.15, 0.2) is 9.90 Å². The number of nitrogens with zero attached hydrogens (tertiary/aromatic N) is 1. The van der Waals surface area contributed by atoms with Crippen molar-refractivity contribution in [2.24, 2.45) is 0 Å². The maximum Gasteiger partial charge on any atom is 0.259 e. The van der Waals surface area contributed by atoms with Crippen LogP contribution in [0.4, 0.5) is 5.13 Å². The summed E-state index contributed by atoms with van der Waals surface area (Å²) in [7, 11) is 0. The number of benzene rings is 2. The van der Waals surface area contributed by atoms with Gasteiger partial charge in [-0.25, -0.2) is 4.98 Å². The molecule has 5 rings (SSSR count). The van der Waals surface area contributed by atoms with Gasteiger partial charge < -0.3 is 4.98 Å². The lowest BCUT2D eigenvalue weighted by Gasteiger charge is -2.04. The van der Waals surface area contributed by atoms with Crippen LogP contribution in [0.5, 0.6) is 0 Å². The monoisotopic (exact) mass is 434 g/mol. The molecule has 2 aromatic carbocycles. The predicted octanol–water partition coefficient (Wildman–Crippen LogP) is 4.76. The minimum absolute atomic E-state index is 0.222. The maximum absolute atomic E-state index is 12.8. The van der Waals surface area contributed by atoms with E-state index in [1.54, 1.807) is 18.2 Å². The molecule has 150 valence electrons. The van der Waals surface area contributed by atoms with Gasteiger partial charge in [0.25, 0.3) is 11.5 Å². The molecule has 1 amide bonds. The van der Waals surface area contributed by atoms with Crippen molar-refractivity contribution >= 4 is 45.5 Å². The van der Waals surface area contributed by atoms with Crippen molar-refractivity contribution in [3.8, 4) is 11.3 Å². The molecule has 30 heavy (non-hydrogen) atoms. The van der Waals surface area contributed by atoms with Gasteiger partial charge in [0, 0.05) is 16.0 Å². The first-order valence-corrected chi connectivity index (χ1v) is 10.9. The Morgan fingerprint density at radius 3 is 2.83 bits per heavy atom. The number of carbonyl (C=O) groups is 1. The van der Waals surface area contributed by atoms with Crippen LogP contribution in [0.2, 0.25) is 0 Å². The zero-order chi connectivity index (χ0) is 20.8. The van der Waals surface area contributed by atoms with Gasteiger partial charge in [0.05, 0.1) is 16.6 Å². The van der Waals surface area contributed by atoms with Crippen LogP contribution in [0.15, 0.2) is 41.2 Å². The van der Waals surface area contributed by atoms with Crippen LogP contribution < -0.4 is 10.9 Å². The molecule has 0 atom stereocenters. The molecule has 6 nitrogen and oxygen atoms in total. The van der Waals surface area contributed by atoms with Gasteiger partial charge in [-0.1, -0.05) is 12.1 Å². The zero-order valence-electron chi connectivity index (χ0n) is 16.2. The van der Waals surface area contributed by atoms with Crippen LogP contribution >= 0.6 is 23.6 Å². The number of nitrogens with one attached hydrogen (secondary N) is 3. The first-order valence-electron chi connectivity index (χ1n) is 9.65. The highest BCUT2D eigenvalue weighted by molar-refractivity contribution is 7.71. The molecule has 1 aliphatic rings. The van der Waals surface area contributed by atoms with Crippen molar-refractivity contribution in [2.75, 3.05) is 5.32 Å². The van der Waals surface area contributed by atoms with E-state index in [1.165, 1.54) is 28.9 Å². The van der Waals surface area contributed by atoms with E-state index in [2.05, 4.69) is 38.5 Å². The number of hydrogen-bond acceptors (Lipinski definition) is 5. The fourth-order valence-corrected chi connectivity index (χ4v) is 4.95. The number of amides is 1. The summed E-state index contributed by atoms with van der Waals surface area (Å²) in [6.45, 7) is 2.01. The van der Waals surface area contributed by atoms with Crippen LogP contribution in [0.25, 0.3) is 22.2 Å². The van der Waals surface area contributed by atoms with E-state index in [1.807, 2.05) is 6.92 Å². The number of fused-ring (bicyclic) bond motifs is 2. The SMILES string of the molecule is Cc1sc(NC(=O)c2ccc3c(=O)[nH]c(=S)[nH]c3c2)nc1-c1ccc2c(c1)CCC2. The Labute approximate surface area is 181 Å². The lowest BCUT2D eigenvalue weighted by Crippen LogP contribution is -2.13. The maximum atomic E-state index is 12.8. The predicted molar refractivity (Wildman–Crippen MR) is 122 cm³/mol. The van der Waals surface area contributed by atoms with Gasteiger partial charge in [-0.2, -0.15) is 0 Å². The Kier molecular flexibility index (Phi) is 4.60. The van der Waals surface area contributed by atoms with E-state index in [9.17, 15) is 9.59 Å². The van der Waals surface area contributed by atoms with Crippen molar-refractivity contribution < 1.29 is 4.79 Å². The average Bonchev–Trinajstić information content (AvgIpc) is 3.32. The van der Waals surface area contributed by atoms with Crippen molar-refractivity contribution in [3.05, 3.63) is 73.1 Å². The molecule has 0 saturated carbocycles. The summed E-state index contributed by atoms with van der Waals surface area (Å²) in [5.74, 6) is -0.286. The van der Waals surface area contributed by atoms with Crippen LogP contribution in [0, 0.1) is 11.7 Å². The summed E-state index contributed by atoms with van der Waals surface area (Å²) in [5.41, 5.74) is 5.47. The third kappa shape index (κ3) is 3.38. The Morgan fingerprint density at radius 1 is 1.13 bits per heavy atom. The van der Waals surface area contributed by atoms with Crippen molar-refractivity contribution in [1.29, 1.82) is 0 Å². The molecule has 0 fully saturated rings.